The van der Waals surface area contributed by atoms with Crippen molar-refractivity contribution in [2.45, 2.75) is 24.9 Å². The Bertz CT molecular complexity index is 1770. The number of anilines is 1. The van der Waals surface area contributed by atoms with Gasteiger partial charge in [-0.05, 0) is 73.0 Å². The smallest absolute Gasteiger partial charge is 0.387 e. The van der Waals surface area contributed by atoms with Crippen molar-refractivity contribution in [2.75, 3.05) is 24.5 Å². The van der Waals surface area contributed by atoms with Gasteiger partial charge in [-0.1, -0.05) is 24.3 Å². The summed E-state index contributed by atoms with van der Waals surface area (Å²) < 4.78 is 31.4. The summed E-state index contributed by atoms with van der Waals surface area (Å²) in [6, 6.07) is 23.4. The van der Waals surface area contributed by atoms with Crippen LogP contribution in [0.1, 0.15) is 39.1 Å². The number of benzene rings is 2. The molecule has 10 heteroatoms. The summed E-state index contributed by atoms with van der Waals surface area (Å²) in [6.07, 6.45) is 5.02. The largest absolute Gasteiger partial charge is 0.435 e. The van der Waals surface area contributed by atoms with Crippen LogP contribution >= 0.6 is 0 Å². The lowest BCUT2D eigenvalue weighted by atomic mass is 9.74. The number of nitrogens with one attached hydrogen (secondary N) is 1. The number of rotatable bonds is 5. The lowest BCUT2D eigenvalue weighted by Crippen LogP contribution is -2.47. The highest BCUT2D eigenvalue weighted by atomic mass is 19.3. The topological polar surface area (TPSA) is 82.9 Å². The molecule has 2 aromatic carbocycles. The number of H-pyrrole nitrogens is 1. The zero-order chi connectivity index (χ0) is 28.8. The predicted molar refractivity (Wildman–Crippen MR) is 153 cm³/mol. The van der Waals surface area contributed by atoms with Crippen molar-refractivity contribution in [3.05, 3.63) is 108 Å². The molecule has 8 nitrogen and oxygen atoms in total. The van der Waals surface area contributed by atoms with Gasteiger partial charge < -0.3 is 18.9 Å². The number of aromatic amines is 1. The quantitative estimate of drug-likeness (QED) is 0.293. The highest BCUT2D eigenvalue weighted by Gasteiger charge is 2.47. The molecule has 0 unspecified atom stereocenters. The van der Waals surface area contributed by atoms with Gasteiger partial charge in [-0.3, -0.25) is 14.7 Å². The number of ether oxygens (including phenoxy) is 1. The third-order valence-electron chi connectivity index (χ3n) is 8.49. The number of amides is 2. The molecule has 1 saturated heterocycles. The number of hydrogen-bond acceptors (Lipinski definition) is 4. The maximum Gasteiger partial charge on any atom is 0.387 e. The van der Waals surface area contributed by atoms with E-state index >= 15 is 0 Å². The van der Waals surface area contributed by atoms with Gasteiger partial charge in [-0.15, -0.1) is 0 Å². The third-order valence-corrected chi connectivity index (χ3v) is 8.49. The van der Waals surface area contributed by atoms with Crippen LogP contribution in [0.15, 0.2) is 91.3 Å². The van der Waals surface area contributed by atoms with E-state index < -0.39 is 6.61 Å². The van der Waals surface area contributed by atoms with Crippen LogP contribution in [0.5, 0.6) is 5.75 Å². The monoisotopic (exact) mass is 567 g/mol. The van der Waals surface area contributed by atoms with E-state index in [4.69, 9.17) is 0 Å². The number of carbonyl (C=O) groups is 2. The van der Waals surface area contributed by atoms with Crippen LogP contribution in [0.2, 0.25) is 0 Å². The van der Waals surface area contributed by atoms with Crippen molar-refractivity contribution in [3.8, 4) is 17.1 Å². The van der Waals surface area contributed by atoms with Crippen LogP contribution < -0.4 is 9.64 Å². The normalized spacial score (nSPS) is 15.9. The van der Waals surface area contributed by atoms with Gasteiger partial charge in [0.1, 0.15) is 5.75 Å². The Morgan fingerprint density at radius 1 is 0.929 bits per heavy atom. The Morgan fingerprint density at radius 3 is 2.43 bits per heavy atom. The standard InChI is InChI=1S/C32H27F2N5O3/c33-31(34)42-22-10-8-21(9-11-22)29(40)37-17-13-32(14-18-37)20-39(27-7-2-1-5-24(27)32)30(41)23-19-28(25-12-15-35-36-25)38-16-4-3-6-26(23)38/h1-12,15-16,19,31H,13-14,17-18,20H2,(H,35,36). The molecule has 1 N–H and O–H groups in total. The fourth-order valence-corrected chi connectivity index (χ4v) is 6.41. The third kappa shape index (κ3) is 4.30. The molecule has 0 aliphatic carbocycles. The summed E-state index contributed by atoms with van der Waals surface area (Å²) in [7, 11) is 0. The summed E-state index contributed by atoms with van der Waals surface area (Å²) in [6.45, 7) is -1.36. The minimum absolute atomic E-state index is 0.0131. The van der Waals surface area contributed by atoms with Crippen molar-refractivity contribution < 1.29 is 23.1 Å². The van der Waals surface area contributed by atoms with Crippen molar-refractivity contribution in [1.82, 2.24) is 19.5 Å². The first-order valence-corrected chi connectivity index (χ1v) is 13.8. The molecular formula is C32H27F2N5O3. The van der Waals surface area contributed by atoms with Crippen LogP contribution in [0.3, 0.4) is 0 Å². The summed E-state index contributed by atoms with van der Waals surface area (Å²) in [5.41, 5.74) is 5.27. The number of alkyl halides is 2. The number of fused-ring (bicyclic) bond motifs is 3. The second-order valence-corrected chi connectivity index (χ2v) is 10.8. The predicted octanol–water partition coefficient (Wildman–Crippen LogP) is 5.77. The van der Waals surface area contributed by atoms with E-state index in [9.17, 15) is 18.4 Å². The molecule has 42 heavy (non-hydrogen) atoms. The molecule has 0 bridgehead atoms. The average Bonchev–Trinajstić information content (AvgIpc) is 3.75. The van der Waals surface area contributed by atoms with E-state index in [0.717, 1.165) is 28.2 Å². The fourth-order valence-electron chi connectivity index (χ4n) is 6.41. The molecule has 0 saturated carbocycles. The van der Waals surface area contributed by atoms with E-state index in [-0.39, 0.29) is 23.0 Å². The Labute approximate surface area is 240 Å². The number of para-hydroxylation sites is 1. The van der Waals surface area contributed by atoms with Crippen molar-refractivity contribution in [2.24, 2.45) is 0 Å². The van der Waals surface area contributed by atoms with E-state index in [1.807, 2.05) is 64.0 Å². The number of piperidine rings is 1. The van der Waals surface area contributed by atoms with Crippen LogP contribution in [0.25, 0.3) is 16.9 Å². The summed E-state index contributed by atoms with van der Waals surface area (Å²) in [5, 5.41) is 7.08. The van der Waals surface area contributed by atoms with Gasteiger partial charge in [0.2, 0.25) is 0 Å². The highest BCUT2D eigenvalue weighted by molar-refractivity contribution is 6.12. The molecule has 2 amide bonds. The number of nitrogens with zero attached hydrogens (tertiary/aromatic N) is 4. The highest BCUT2D eigenvalue weighted by Crippen LogP contribution is 2.48. The van der Waals surface area contributed by atoms with E-state index in [1.165, 1.54) is 24.3 Å². The van der Waals surface area contributed by atoms with Gasteiger partial charge in [-0.2, -0.15) is 13.9 Å². The molecule has 0 atom stereocenters. The van der Waals surface area contributed by atoms with E-state index in [1.54, 1.807) is 11.1 Å². The number of hydrogen-bond donors (Lipinski definition) is 1. The van der Waals surface area contributed by atoms with Gasteiger partial charge in [0.05, 0.1) is 22.5 Å². The molecule has 2 aliphatic heterocycles. The zero-order valence-electron chi connectivity index (χ0n) is 22.5. The Morgan fingerprint density at radius 2 is 1.69 bits per heavy atom. The summed E-state index contributed by atoms with van der Waals surface area (Å²) in [5.74, 6) is -0.211. The van der Waals surface area contributed by atoms with Gasteiger partial charge in [0.15, 0.2) is 0 Å². The molecular weight excluding hydrogens is 540 g/mol. The second kappa shape index (κ2) is 10.1. The van der Waals surface area contributed by atoms with E-state index in [0.29, 0.717) is 43.6 Å². The first kappa shape index (κ1) is 25.9. The van der Waals surface area contributed by atoms with Crippen LogP contribution in [0, 0.1) is 0 Å². The van der Waals surface area contributed by atoms with Crippen LogP contribution in [0.4, 0.5) is 14.5 Å². The molecule has 7 rings (SSSR count). The molecule has 212 valence electrons. The van der Waals surface area contributed by atoms with Gasteiger partial charge in [-0.25, -0.2) is 0 Å². The Balaban J connectivity index is 1.14. The van der Waals surface area contributed by atoms with Gasteiger partial charge >= 0.3 is 6.61 Å². The first-order valence-electron chi connectivity index (χ1n) is 13.8. The summed E-state index contributed by atoms with van der Waals surface area (Å²) >= 11 is 0. The van der Waals surface area contributed by atoms with Crippen molar-refractivity contribution in [1.29, 1.82) is 0 Å². The summed E-state index contributed by atoms with van der Waals surface area (Å²) in [4.78, 5) is 31.2. The number of carbonyl (C=O) groups excluding carboxylic acids is 2. The van der Waals surface area contributed by atoms with E-state index in [2.05, 4.69) is 21.0 Å². The zero-order valence-corrected chi connectivity index (χ0v) is 22.5. The van der Waals surface area contributed by atoms with Crippen LogP contribution in [-0.4, -0.2) is 57.6 Å². The minimum Gasteiger partial charge on any atom is -0.435 e. The van der Waals surface area contributed by atoms with Gasteiger partial charge in [0, 0.05) is 48.7 Å². The SMILES string of the molecule is O=C(c1ccc(OC(F)F)cc1)N1CCC2(CC1)CN(C(=O)c1cc(-c3ccn[nH]3)n3ccccc13)c1ccccc12. The lowest BCUT2D eigenvalue weighted by Gasteiger charge is -2.40. The molecule has 3 aromatic heterocycles. The maximum atomic E-state index is 14.2. The van der Waals surface area contributed by atoms with Gasteiger partial charge in [0.25, 0.3) is 11.8 Å². The minimum atomic E-state index is -2.92. The molecule has 1 fully saturated rings. The number of likely N-dealkylation sites (tertiary alicyclic amines) is 1. The Kier molecular flexibility index (Phi) is 6.26. The maximum absolute atomic E-state index is 14.2. The molecule has 1 spiro atoms. The number of halogens is 2. The average molecular weight is 568 g/mol. The number of aromatic nitrogens is 3. The molecule has 2 aliphatic rings. The van der Waals surface area contributed by atoms with Crippen molar-refractivity contribution >= 4 is 23.0 Å². The van der Waals surface area contributed by atoms with Crippen LogP contribution in [-0.2, 0) is 5.41 Å². The first-order chi connectivity index (χ1) is 20.4. The Hall–Kier alpha value is -4.99. The van der Waals surface area contributed by atoms with Crippen molar-refractivity contribution in [3.63, 3.8) is 0 Å². The number of pyridine rings is 1. The second-order valence-electron chi connectivity index (χ2n) is 10.8. The lowest BCUT2D eigenvalue weighted by molar-refractivity contribution is -0.0498. The fraction of sp³-hybridized carbons (Fsp3) is 0.219. The molecule has 5 aromatic rings. The molecule has 0 radical (unpaired) electrons. The molecule has 5 heterocycles.